The molecular weight excluding hydrogens is 235 g/mol. The van der Waals surface area contributed by atoms with E-state index in [1.165, 1.54) is 0 Å². The fourth-order valence-electron chi connectivity index (χ4n) is 0.978. The van der Waals surface area contributed by atoms with Gasteiger partial charge in [-0.25, -0.2) is 9.37 Å². The number of carbonyl (C=O) groups excluding carboxylic acids is 1. The van der Waals surface area contributed by atoms with Crippen LogP contribution in [0.15, 0.2) is 12.3 Å². The van der Waals surface area contributed by atoms with Crippen molar-refractivity contribution in [1.29, 1.82) is 0 Å². The summed E-state index contributed by atoms with van der Waals surface area (Å²) in [5.41, 5.74) is 5.37. The topological polar surface area (TPSA) is 107 Å². The SMILES string of the molecule is Nc1ncc(F)cc1C(=O)Nc1nnns1. The molecule has 0 aliphatic rings. The Balaban J connectivity index is 2.24. The van der Waals surface area contributed by atoms with Gasteiger partial charge in [-0.1, -0.05) is 9.59 Å². The van der Waals surface area contributed by atoms with E-state index < -0.39 is 11.7 Å². The maximum Gasteiger partial charge on any atom is 0.261 e. The third-order valence-corrected chi connectivity index (χ3v) is 2.16. The lowest BCUT2D eigenvalue weighted by Crippen LogP contribution is -2.15. The highest BCUT2D eigenvalue weighted by Crippen LogP contribution is 2.13. The van der Waals surface area contributed by atoms with Gasteiger partial charge < -0.3 is 5.73 Å². The summed E-state index contributed by atoms with van der Waals surface area (Å²) in [5.74, 6) is -1.31. The van der Waals surface area contributed by atoms with Crippen LogP contribution in [-0.4, -0.2) is 25.7 Å². The second-order valence-electron chi connectivity index (χ2n) is 2.71. The summed E-state index contributed by atoms with van der Waals surface area (Å²) >= 11 is 0.897. The first-order chi connectivity index (χ1) is 7.66. The molecule has 1 amide bonds. The fourth-order valence-corrected chi connectivity index (χ4v) is 1.34. The van der Waals surface area contributed by atoms with Crippen LogP contribution < -0.4 is 11.1 Å². The third-order valence-electron chi connectivity index (χ3n) is 1.65. The van der Waals surface area contributed by atoms with Crippen LogP contribution in [-0.2, 0) is 0 Å². The van der Waals surface area contributed by atoms with E-state index in [0.29, 0.717) is 0 Å². The number of pyridine rings is 1. The standard InChI is InChI=1S/C7H5FN6OS/c8-3-1-4(5(9)10-2-3)6(15)11-7-12-13-14-16-7/h1-2H,(H2,9,10)(H,11,12,14,15). The van der Waals surface area contributed by atoms with Crippen LogP contribution in [0.4, 0.5) is 15.3 Å². The Kier molecular flexibility index (Phi) is 2.68. The van der Waals surface area contributed by atoms with Gasteiger partial charge in [0.15, 0.2) is 0 Å². The highest BCUT2D eigenvalue weighted by atomic mass is 32.1. The summed E-state index contributed by atoms with van der Waals surface area (Å²) in [5, 5.41) is 9.36. The number of hydrogen-bond donors (Lipinski definition) is 2. The van der Waals surface area contributed by atoms with Crippen molar-refractivity contribution in [3.63, 3.8) is 0 Å². The quantitative estimate of drug-likeness (QED) is 0.781. The molecular formula is C7H5FN6OS. The van der Waals surface area contributed by atoms with Crippen molar-refractivity contribution in [3.8, 4) is 0 Å². The number of anilines is 2. The lowest BCUT2D eigenvalue weighted by molar-refractivity contribution is 0.102. The van der Waals surface area contributed by atoms with Crippen molar-refractivity contribution >= 4 is 28.4 Å². The zero-order valence-corrected chi connectivity index (χ0v) is 8.53. The number of rotatable bonds is 2. The number of carbonyl (C=O) groups is 1. The highest BCUT2D eigenvalue weighted by Gasteiger charge is 2.13. The molecule has 0 radical (unpaired) electrons. The van der Waals surface area contributed by atoms with Crippen molar-refractivity contribution in [3.05, 3.63) is 23.6 Å². The Hall–Kier alpha value is -2.16. The molecule has 0 saturated carbocycles. The summed E-state index contributed by atoms with van der Waals surface area (Å²) in [6.07, 6.45) is 0.929. The van der Waals surface area contributed by atoms with Gasteiger partial charge in [0.1, 0.15) is 11.6 Å². The van der Waals surface area contributed by atoms with Crippen LogP contribution >= 0.6 is 11.5 Å². The van der Waals surface area contributed by atoms with Crippen LogP contribution in [0.2, 0.25) is 0 Å². The van der Waals surface area contributed by atoms with Crippen LogP contribution in [0.1, 0.15) is 10.4 Å². The van der Waals surface area contributed by atoms with E-state index in [2.05, 4.69) is 25.1 Å². The van der Waals surface area contributed by atoms with E-state index in [1.54, 1.807) is 0 Å². The molecule has 2 heterocycles. The lowest BCUT2D eigenvalue weighted by Gasteiger charge is -2.03. The number of nitrogens with zero attached hydrogens (tertiary/aromatic N) is 4. The van der Waals surface area contributed by atoms with Crippen molar-refractivity contribution < 1.29 is 9.18 Å². The van der Waals surface area contributed by atoms with E-state index in [0.717, 1.165) is 23.8 Å². The first-order valence-electron chi connectivity index (χ1n) is 4.04. The van der Waals surface area contributed by atoms with Gasteiger partial charge in [0, 0.05) is 11.5 Å². The minimum absolute atomic E-state index is 0.0589. The van der Waals surface area contributed by atoms with E-state index in [1.807, 2.05) is 0 Å². The van der Waals surface area contributed by atoms with Crippen LogP contribution in [0.3, 0.4) is 0 Å². The monoisotopic (exact) mass is 240 g/mol. The largest absolute Gasteiger partial charge is 0.383 e. The van der Waals surface area contributed by atoms with Gasteiger partial charge in [-0.15, -0.1) is 0 Å². The molecule has 3 N–H and O–H groups in total. The fraction of sp³-hybridized carbons (Fsp3) is 0. The highest BCUT2D eigenvalue weighted by molar-refractivity contribution is 7.09. The van der Waals surface area contributed by atoms with Gasteiger partial charge in [0.25, 0.3) is 5.91 Å². The molecule has 0 aliphatic carbocycles. The first-order valence-corrected chi connectivity index (χ1v) is 4.81. The van der Waals surface area contributed by atoms with Gasteiger partial charge in [0.2, 0.25) is 5.13 Å². The zero-order chi connectivity index (χ0) is 11.5. The summed E-state index contributed by atoms with van der Waals surface area (Å²) in [7, 11) is 0. The average molecular weight is 240 g/mol. The minimum Gasteiger partial charge on any atom is -0.383 e. The van der Waals surface area contributed by atoms with E-state index in [-0.39, 0.29) is 16.5 Å². The zero-order valence-electron chi connectivity index (χ0n) is 7.72. The molecule has 0 fully saturated rings. The third kappa shape index (κ3) is 2.08. The van der Waals surface area contributed by atoms with Crippen molar-refractivity contribution in [2.45, 2.75) is 0 Å². The van der Waals surface area contributed by atoms with E-state index in [4.69, 9.17) is 5.73 Å². The Morgan fingerprint density at radius 1 is 1.56 bits per heavy atom. The van der Waals surface area contributed by atoms with Gasteiger partial charge in [-0.05, 0) is 11.3 Å². The molecule has 9 heteroatoms. The molecule has 2 rings (SSSR count). The van der Waals surface area contributed by atoms with Gasteiger partial charge >= 0.3 is 0 Å². The molecule has 0 unspecified atom stereocenters. The molecule has 2 aromatic heterocycles. The number of amides is 1. The molecule has 16 heavy (non-hydrogen) atoms. The van der Waals surface area contributed by atoms with Crippen LogP contribution in [0.25, 0.3) is 0 Å². The molecule has 0 saturated heterocycles. The predicted octanol–water partition coefficient (Wildman–Crippen LogP) is 0.302. The lowest BCUT2D eigenvalue weighted by atomic mass is 10.2. The maximum absolute atomic E-state index is 12.9. The van der Waals surface area contributed by atoms with Crippen LogP contribution in [0, 0.1) is 5.82 Å². The Morgan fingerprint density at radius 2 is 2.38 bits per heavy atom. The van der Waals surface area contributed by atoms with Crippen molar-refractivity contribution in [2.75, 3.05) is 11.1 Å². The number of nitrogens with two attached hydrogens (primary N) is 1. The smallest absolute Gasteiger partial charge is 0.261 e. The molecule has 7 nitrogen and oxygen atoms in total. The number of nitrogen functional groups attached to an aromatic ring is 1. The predicted molar refractivity (Wildman–Crippen MR) is 54.3 cm³/mol. The van der Waals surface area contributed by atoms with E-state index in [9.17, 15) is 9.18 Å². The number of nitrogens with one attached hydrogen (secondary N) is 1. The Morgan fingerprint density at radius 3 is 3.06 bits per heavy atom. The molecule has 0 spiro atoms. The molecule has 2 aromatic rings. The van der Waals surface area contributed by atoms with Gasteiger partial charge in [0.05, 0.1) is 11.8 Å². The summed E-state index contributed by atoms with van der Waals surface area (Å²) in [6.45, 7) is 0. The second kappa shape index (κ2) is 4.14. The molecule has 82 valence electrons. The Labute approximate surface area is 92.7 Å². The molecule has 0 aliphatic heterocycles. The number of hydrogen-bond acceptors (Lipinski definition) is 7. The van der Waals surface area contributed by atoms with Gasteiger partial charge in [-0.3, -0.25) is 10.1 Å². The summed E-state index contributed by atoms with van der Waals surface area (Å²) in [6, 6.07) is 0.992. The van der Waals surface area contributed by atoms with Gasteiger partial charge in [-0.2, -0.15) is 0 Å². The number of halogens is 1. The molecule has 0 aromatic carbocycles. The molecule has 0 bridgehead atoms. The van der Waals surface area contributed by atoms with E-state index >= 15 is 0 Å². The van der Waals surface area contributed by atoms with Crippen LogP contribution in [0.5, 0.6) is 0 Å². The summed E-state index contributed by atoms with van der Waals surface area (Å²) < 4.78 is 16.3. The van der Waals surface area contributed by atoms with Crippen molar-refractivity contribution in [2.24, 2.45) is 0 Å². The van der Waals surface area contributed by atoms with Crippen molar-refractivity contribution in [1.82, 2.24) is 19.8 Å². The molecule has 0 atom stereocenters. The normalized spacial score (nSPS) is 10.1. The average Bonchev–Trinajstić information content (AvgIpc) is 2.74. The Bertz CT molecular complexity index is 516. The maximum atomic E-state index is 12.9. The summed E-state index contributed by atoms with van der Waals surface area (Å²) in [4.78, 5) is 15.1. The first kappa shape index (κ1) is 10.4. The number of aromatic nitrogens is 4. The second-order valence-corrected chi connectivity index (χ2v) is 3.44. The minimum atomic E-state index is -0.644.